The van der Waals surface area contributed by atoms with Gasteiger partial charge in [0.25, 0.3) is 0 Å². The number of aliphatic hydroxyl groups is 1. The monoisotopic (exact) mass is 434 g/mol. The van der Waals surface area contributed by atoms with Crippen molar-refractivity contribution in [1.29, 1.82) is 0 Å². The SMILES string of the molecule is CC(O)C(NC(=O)C(N)CC(=O)O)C(=O)NC(CS)C(=O)N1CCCC1C(=O)O. The third-order valence-corrected chi connectivity index (χ3v) is 4.78. The molecule has 0 bridgehead atoms. The van der Waals surface area contributed by atoms with Crippen molar-refractivity contribution in [2.24, 2.45) is 5.73 Å². The number of aliphatic hydroxyl groups excluding tert-OH is 1. The second-order valence-corrected chi connectivity index (χ2v) is 7.07. The minimum Gasteiger partial charge on any atom is -0.481 e. The van der Waals surface area contributed by atoms with E-state index < -0.39 is 66.4 Å². The normalized spacial score (nSPS) is 20.3. The van der Waals surface area contributed by atoms with Crippen LogP contribution in [0.1, 0.15) is 26.2 Å². The quantitative estimate of drug-likeness (QED) is 0.177. The molecule has 7 N–H and O–H groups in total. The number of hydrogen-bond acceptors (Lipinski definition) is 8. The molecule has 0 radical (unpaired) electrons. The van der Waals surface area contributed by atoms with Crippen LogP contribution >= 0.6 is 12.6 Å². The average molecular weight is 434 g/mol. The van der Waals surface area contributed by atoms with Gasteiger partial charge in [0.2, 0.25) is 17.7 Å². The molecule has 1 aliphatic rings. The van der Waals surface area contributed by atoms with E-state index >= 15 is 0 Å². The summed E-state index contributed by atoms with van der Waals surface area (Å²) in [6.45, 7) is 1.43. The first-order valence-corrected chi connectivity index (χ1v) is 9.53. The molecule has 3 amide bonds. The van der Waals surface area contributed by atoms with E-state index in [1.54, 1.807) is 0 Å². The molecule has 12 nitrogen and oxygen atoms in total. The summed E-state index contributed by atoms with van der Waals surface area (Å²) >= 11 is 4.02. The number of amides is 3. The molecule has 0 aromatic carbocycles. The number of carbonyl (C=O) groups excluding carboxylic acids is 3. The van der Waals surface area contributed by atoms with Crippen LogP contribution in [0.15, 0.2) is 0 Å². The first-order valence-electron chi connectivity index (χ1n) is 8.89. The van der Waals surface area contributed by atoms with E-state index in [-0.39, 0.29) is 12.3 Å². The minimum atomic E-state index is -1.51. The third-order valence-electron chi connectivity index (χ3n) is 4.41. The highest BCUT2D eigenvalue weighted by atomic mass is 32.1. The molecule has 0 aromatic heterocycles. The molecular formula is C16H26N4O8S. The highest BCUT2D eigenvalue weighted by molar-refractivity contribution is 7.80. The van der Waals surface area contributed by atoms with E-state index in [9.17, 15) is 34.2 Å². The van der Waals surface area contributed by atoms with Gasteiger partial charge in [0.05, 0.1) is 18.6 Å². The van der Waals surface area contributed by atoms with Crippen LogP contribution in [0.25, 0.3) is 0 Å². The Kier molecular flexibility index (Phi) is 9.33. The van der Waals surface area contributed by atoms with E-state index in [0.29, 0.717) is 12.8 Å². The molecule has 0 aliphatic carbocycles. The number of rotatable bonds is 10. The summed E-state index contributed by atoms with van der Waals surface area (Å²) in [6, 6.07) is -5.13. The summed E-state index contributed by atoms with van der Waals surface area (Å²) in [6.07, 6.45) is -1.26. The highest BCUT2D eigenvalue weighted by Crippen LogP contribution is 2.18. The Labute approximate surface area is 172 Å². The summed E-state index contributed by atoms with van der Waals surface area (Å²) in [4.78, 5) is 60.2. The van der Waals surface area contributed by atoms with Crippen LogP contribution in [0.5, 0.6) is 0 Å². The van der Waals surface area contributed by atoms with Crippen LogP contribution in [0, 0.1) is 0 Å². The molecule has 1 rings (SSSR count). The Morgan fingerprint density at radius 1 is 1.17 bits per heavy atom. The maximum Gasteiger partial charge on any atom is 0.326 e. The fourth-order valence-electron chi connectivity index (χ4n) is 2.88. The summed E-state index contributed by atoms with van der Waals surface area (Å²) in [5, 5.41) is 32.2. The second kappa shape index (κ2) is 11.0. The predicted octanol–water partition coefficient (Wildman–Crippen LogP) is -2.86. The molecule has 13 heteroatoms. The van der Waals surface area contributed by atoms with Crippen LogP contribution in [0.3, 0.4) is 0 Å². The number of aliphatic carboxylic acids is 2. The van der Waals surface area contributed by atoms with Crippen molar-refractivity contribution in [2.75, 3.05) is 12.3 Å². The lowest BCUT2D eigenvalue weighted by Crippen LogP contribution is -2.60. The summed E-state index contributed by atoms with van der Waals surface area (Å²) in [7, 11) is 0. The number of likely N-dealkylation sites (tertiary alicyclic amines) is 1. The van der Waals surface area contributed by atoms with Gasteiger partial charge in [-0.1, -0.05) is 0 Å². The summed E-state index contributed by atoms with van der Waals surface area (Å²) in [5.74, 6) is -5.14. The molecular weight excluding hydrogens is 408 g/mol. The van der Waals surface area contributed by atoms with Crippen molar-refractivity contribution in [1.82, 2.24) is 15.5 Å². The molecule has 1 aliphatic heterocycles. The van der Waals surface area contributed by atoms with E-state index in [1.807, 2.05) is 0 Å². The number of hydrogen-bond donors (Lipinski definition) is 7. The van der Waals surface area contributed by atoms with Crippen LogP contribution in [0.2, 0.25) is 0 Å². The number of carbonyl (C=O) groups is 5. The maximum atomic E-state index is 12.6. The first-order chi connectivity index (χ1) is 13.5. The van der Waals surface area contributed by atoms with Crippen molar-refractivity contribution in [3.63, 3.8) is 0 Å². The smallest absolute Gasteiger partial charge is 0.326 e. The first kappa shape index (κ1) is 24.7. The Bertz CT molecular complexity index is 659. The van der Waals surface area contributed by atoms with E-state index in [2.05, 4.69) is 23.3 Å². The van der Waals surface area contributed by atoms with Crippen molar-refractivity contribution >= 4 is 42.3 Å². The maximum absolute atomic E-state index is 12.6. The number of nitrogens with one attached hydrogen (secondary N) is 2. The fourth-order valence-corrected chi connectivity index (χ4v) is 3.13. The van der Waals surface area contributed by atoms with Gasteiger partial charge in [-0.15, -0.1) is 0 Å². The minimum absolute atomic E-state index is 0.146. The number of nitrogens with two attached hydrogens (primary N) is 1. The van der Waals surface area contributed by atoms with Crippen LogP contribution in [-0.2, 0) is 24.0 Å². The number of thiol groups is 1. The second-order valence-electron chi connectivity index (χ2n) is 6.70. The van der Waals surface area contributed by atoms with E-state index in [0.717, 1.165) is 4.90 Å². The Morgan fingerprint density at radius 3 is 2.28 bits per heavy atom. The third kappa shape index (κ3) is 6.87. The Hall–Kier alpha value is -2.38. The van der Waals surface area contributed by atoms with Crippen molar-refractivity contribution < 1.29 is 39.3 Å². The highest BCUT2D eigenvalue weighted by Gasteiger charge is 2.38. The summed E-state index contributed by atoms with van der Waals surface area (Å²) in [5.41, 5.74) is 5.43. The fraction of sp³-hybridized carbons (Fsp3) is 0.688. The van der Waals surface area contributed by atoms with Gasteiger partial charge >= 0.3 is 11.9 Å². The van der Waals surface area contributed by atoms with Crippen LogP contribution in [-0.4, -0.2) is 92.4 Å². The van der Waals surface area contributed by atoms with Crippen molar-refractivity contribution in [2.45, 2.75) is 56.5 Å². The topological polar surface area (TPSA) is 199 Å². The van der Waals surface area contributed by atoms with Crippen LogP contribution in [0.4, 0.5) is 0 Å². The molecule has 5 unspecified atom stereocenters. The molecule has 0 aromatic rings. The van der Waals surface area contributed by atoms with Gasteiger partial charge in [-0.25, -0.2) is 4.79 Å². The van der Waals surface area contributed by atoms with Gasteiger partial charge in [-0.05, 0) is 19.8 Å². The van der Waals surface area contributed by atoms with Crippen molar-refractivity contribution in [3.05, 3.63) is 0 Å². The Morgan fingerprint density at radius 2 is 1.79 bits per heavy atom. The largest absolute Gasteiger partial charge is 0.481 e. The standard InChI is InChI=1S/C16H26N4O8S/c1-7(21)12(19-13(24)8(17)5-11(22)23)14(25)18-9(6-29)15(26)20-4-2-3-10(20)16(27)28/h7-10,12,21,29H,2-6,17H2,1H3,(H,18,25)(H,19,24)(H,22,23)(H,27,28). The van der Waals surface area contributed by atoms with Gasteiger partial charge < -0.3 is 36.6 Å². The molecule has 1 saturated heterocycles. The lowest BCUT2D eigenvalue weighted by atomic mass is 10.1. The molecule has 1 fully saturated rings. The van der Waals surface area contributed by atoms with Gasteiger partial charge in [0.1, 0.15) is 18.1 Å². The summed E-state index contributed by atoms with van der Waals surface area (Å²) < 4.78 is 0. The number of carboxylic acids is 2. The van der Waals surface area contributed by atoms with Gasteiger partial charge in [-0.2, -0.15) is 12.6 Å². The number of carboxylic acid groups (broad SMARTS) is 2. The van der Waals surface area contributed by atoms with Gasteiger partial charge in [-0.3, -0.25) is 19.2 Å². The predicted molar refractivity (Wildman–Crippen MR) is 102 cm³/mol. The molecule has 0 saturated carbocycles. The van der Waals surface area contributed by atoms with Crippen molar-refractivity contribution in [3.8, 4) is 0 Å². The number of nitrogens with zero attached hydrogens (tertiary/aromatic N) is 1. The molecule has 1 heterocycles. The zero-order valence-corrected chi connectivity index (χ0v) is 16.7. The van der Waals surface area contributed by atoms with Gasteiger partial charge in [0.15, 0.2) is 0 Å². The molecule has 164 valence electrons. The van der Waals surface area contributed by atoms with Gasteiger partial charge in [0, 0.05) is 12.3 Å². The molecule has 0 spiro atoms. The van der Waals surface area contributed by atoms with E-state index in [4.69, 9.17) is 10.8 Å². The zero-order chi connectivity index (χ0) is 22.3. The molecule has 29 heavy (non-hydrogen) atoms. The zero-order valence-electron chi connectivity index (χ0n) is 15.8. The van der Waals surface area contributed by atoms with E-state index in [1.165, 1.54) is 6.92 Å². The van der Waals surface area contributed by atoms with Crippen LogP contribution < -0.4 is 16.4 Å². The Balaban J connectivity index is 2.83. The average Bonchev–Trinajstić information content (AvgIpc) is 3.12. The lowest BCUT2D eigenvalue weighted by Gasteiger charge is -2.28. The molecule has 5 atom stereocenters. The lowest BCUT2D eigenvalue weighted by molar-refractivity contribution is -0.149.